The summed E-state index contributed by atoms with van der Waals surface area (Å²) in [5, 5.41) is 6.65. The molecule has 0 radical (unpaired) electrons. The number of hydrogen-bond donors (Lipinski definition) is 2. The summed E-state index contributed by atoms with van der Waals surface area (Å²) in [6, 6.07) is 12.6. The van der Waals surface area contributed by atoms with E-state index in [0.717, 1.165) is 18.5 Å². The molecule has 1 aromatic carbocycles. The molecule has 1 aliphatic rings. The summed E-state index contributed by atoms with van der Waals surface area (Å²) in [5.41, 5.74) is 0.948. The zero-order valence-electron chi connectivity index (χ0n) is 17.6. The van der Waals surface area contributed by atoms with E-state index in [0.29, 0.717) is 36.5 Å². The lowest BCUT2D eigenvalue weighted by molar-refractivity contribution is 0.460. The maximum absolute atomic E-state index is 14.0. The Morgan fingerprint density at radius 3 is 2.78 bits per heavy atom. The number of nitrogens with one attached hydrogen (secondary N) is 2. The Kier molecular flexibility index (Phi) is 6.74. The van der Waals surface area contributed by atoms with Gasteiger partial charge in [0.2, 0.25) is 5.88 Å². The van der Waals surface area contributed by atoms with Gasteiger partial charge in [-0.15, -0.1) is 0 Å². The van der Waals surface area contributed by atoms with Gasteiger partial charge in [0, 0.05) is 51.2 Å². The van der Waals surface area contributed by atoms with Crippen molar-refractivity contribution in [1.82, 2.24) is 20.6 Å². The monoisotopic (exact) mass is 438 g/mol. The number of anilines is 1. The number of rotatable bonds is 6. The Bertz CT molecular complexity index is 1080. The quantitative estimate of drug-likeness (QED) is 0.453. The van der Waals surface area contributed by atoms with Crippen molar-refractivity contribution in [2.45, 2.75) is 19.0 Å². The van der Waals surface area contributed by atoms with Crippen LogP contribution in [0.5, 0.6) is 11.6 Å². The first-order chi connectivity index (χ1) is 15.6. The fraction of sp³-hybridized carbons (Fsp3) is 0.261. The van der Waals surface area contributed by atoms with E-state index in [9.17, 15) is 8.78 Å². The minimum atomic E-state index is -0.322. The number of ether oxygens (including phenoxy) is 1. The van der Waals surface area contributed by atoms with Gasteiger partial charge in [-0.25, -0.2) is 18.7 Å². The molecule has 0 saturated carbocycles. The van der Waals surface area contributed by atoms with E-state index in [4.69, 9.17) is 4.74 Å². The first kappa shape index (κ1) is 21.5. The van der Waals surface area contributed by atoms with Gasteiger partial charge in [-0.05, 0) is 54.4 Å². The predicted molar refractivity (Wildman–Crippen MR) is 119 cm³/mol. The third-order valence-electron chi connectivity index (χ3n) is 5.09. The van der Waals surface area contributed by atoms with Gasteiger partial charge in [0.15, 0.2) is 17.6 Å². The molecule has 3 aromatic rings. The molecule has 1 aliphatic heterocycles. The van der Waals surface area contributed by atoms with Gasteiger partial charge in [0.25, 0.3) is 0 Å². The maximum atomic E-state index is 14.0. The van der Waals surface area contributed by atoms with E-state index in [-0.39, 0.29) is 17.7 Å². The Morgan fingerprint density at radius 2 is 2.00 bits per heavy atom. The largest absolute Gasteiger partial charge is 0.439 e. The highest BCUT2D eigenvalue weighted by atomic mass is 19.1. The summed E-state index contributed by atoms with van der Waals surface area (Å²) in [6.45, 7) is 1.86. The molecule has 32 heavy (non-hydrogen) atoms. The standard InChI is InChI=1S/C23H24F2N6O/c1-26-23(30-18-9-12-31(15-18)22-20(25)3-2-10-28-22)29-14-16-8-11-27-21(13-16)32-19-6-4-17(24)5-7-19/h2-8,10-11,13,18H,9,12,14-15H2,1H3,(H2,26,29,30). The van der Waals surface area contributed by atoms with Crippen LogP contribution in [-0.4, -0.2) is 42.1 Å². The van der Waals surface area contributed by atoms with Crippen LogP contribution in [0, 0.1) is 11.6 Å². The lowest BCUT2D eigenvalue weighted by Gasteiger charge is -2.20. The van der Waals surface area contributed by atoms with Crippen molar-refractivity contribution in [3.63, 3.8) is 0 Å². The van der Waals surface area contributed by atoms with E-state index >= 15 is 0 Å². The zero-order valence-corrected chi connectivity index (χ0v) is 17.6. The summed E-state index contributed by atoms with van der Waals surface area (Å²) in [6.07, 6.45) is 4.10. The molecule has 2 N–H and O–H groups in total. The summed E-state index contributed by atoms with van der Waals surface area (Å²) >= 11 is 0. The average molecular weight is 438 g/mol. The summed E-state index contributed by atoms with van der Waals surface area (Å²) in [4.78, 5) is 14.6. The summed E-state index contributed by atoms with van der Waals surface area (Å²) in [5.74, 6) is 1.32. The van der Waals surface area contributed by atoms with Gasteiger partial charge in [-0.2, -0.15) is 0 Å². The average Bonchev–Trinajstić information content (AvgIpc) is 3.27. The minimum Gasteiger partial charge on any atom is -0.439 e. The summed E-state index contributed by atoms with van der Waals surface area (Å²) < 4.78 is 32.7. The molecule has 7 nitrogen and oxygen atoms in total. The van der Waals surface area contributed by atoms with Crippen LogP contribution in [0.3, 0.4) is 0 Å². The van der Waals surface area contributed by atoms with Gasteiger partial charge in [-0.3, -0.25) is 4.99 Å². The van der Waals surface area contributed by atoms with Crippen LogP contribution in [0.2, 0.25) is 0 Å². The highest BCUT2D eigenvalue weighted by molar-refractivity contribution is 5.80. The topological polar surface area (TPSA) is 74.7 Å². The molecule has 1 fully saturated rings. The number of halogens is 2. The van der Waals surface area contributed by atoms with Crippen molar-refractivity contribution in [3.8, 4) is 11.6 Å². The molecule has 1 atom stereocenters. The lowest BCUT2D eigenvalue weighted by atomic mass is 10.2. The summed E-state index contributed by atoms with van der Waals surface area (Å²) in [7, 11) is 1.70. The second-order valence-electron chi connectivity index (χ2n) is 7.37. The van der Waals surface area contributed by atoms with Gasteiger partial charge < -0.3 is 20.3 Å². The van der Waals surface area contributed by atoms with Gasteiger partial charge in [0.05, 0.1) is 0 Å². The van der Waals surface area contributed by atoms with Crippen LogP contribution < -0.4 is 20.3 Å². The molecule has 4 rings (SSSR count). The van der Waals surface area contributed by atoms with Crippen molar-refractivity contribution >= 4 is 11.8 Å². The van der Waals surface area contributed by atoms with Crippen molar-refractivity contribution < 1.29 is 13.5 Å². The van der Waals surface area contributed by atoms with Crippen molar-refractivity contribution in [2.24, 2.45) is 4.99 Å². The van der Waals surface area contributed by atoms with E-state index in [1.165, 1.54) is 18.2 Å². The van der Waals surface area contributed by atoms with Gasteiger partial charge in [0.1, 0.15) is 11.6 Å². The minimum absolute atomic E-state index is 0.123. The predicted octanol–water partition coefficient (Wildman–Crippen LogP) is 3.49. The van der Waals surface area contributed by atoms with E-state index in [1.54, 1.807) is 37.6 Å². The molecule has 0 amide bonds. The smallest absolute Gasteiger partial charge is 0.219 e. The Hall–Kier alpha value is -3.75. The number of pyridine rings is 2. The third kappa shape index (κ3) is 5.48. The first-order valence-electron chi connectivity index (χ1n) is 10.3. The molecule has 9 heteroatoms. The molecule has 1 unspecified atom stereocenters. The molecule has 166 valence electrons. The fourth-order valence-corrected chi connectivity index (χ4v) is 3.49. The van der Waals surface area contributed by atoms with Crippen LogP contribution in [0.15, 0.2) is 65.9 Å². The number of aliphatic imine (C=N–C) groups is 1. The Balaban J connectivity index is 1.30. The van der Waals surface area contributed by atoms with Crippen LogP contribution in [-0.2, 0) is 6.54 Å². The lowest BCUT2D eigenvalue weighted by Crippen LogP contribution is -2.44. The molecule has 0 spiro atoms. The molecule has 3 heterocycles. The normalized spacial score (nSPS) is 16.2. The Labute approximate surface area is 185 Å². The molecule has 0 aliphatic carbocycles. The van der Waals surface area contributed by atoms with Gasteiger partial charge >= 0.3 is 0 Å². The molecule has 0 bridgehead atoms. The second kappa shape index (κ2) is 10.0. The molecule has 2 aromatic heterocycles. The zero-order chi connectivity index (χ0) is 22.3. The fourth-order valence-electron chi connectivity index (χ4n) is 3.49. The molecular weight excluding hydrogens is 414 g/mol. The van der Waals surface area contributed by atoms with Gasteiger partial charge in [-0.1, -0.05) is 0 Å². The van der Waals surface area contributed by atoms with Crippen molar-refractivity contribution in [3.05, 3.63) is 78.1 Å². The number of hydrogen-bond acceptors (Lipinski definition) is 5. The maximum Gasteiger partial charge on any atom is 0.219 e. The molecular formula is C23H24F2N6O. The highest BCUT2D eigenvalue weighted by Gasteiger charge is 2.25. The van der Waals surface area contributed by atoms with E-state index in [1.807, 2.05) is 17.0 Å². The number of nitrogens with zero attached hydrogens (tertiary/aromatic N) is 4. The van der Waals surface area contributed by atoms with Crippen LogP contribution >= 0.6 is 0 Å². The third-order valence-corrected chi connectivity index (χ3v) is 5.09. The number of guanidine groups is 1. The van der Waals surface area contributed by atoms with Crippen molar-refractivity contribution in [2.75, 3.05) is 25.0 Å². The van der Waals surface area contributed by atoms with Crippen LogP contribution in [0.4, 0.5) is 14.6 Å². The second-order valence-corrected chi connectivity index (χ2v) is 7.37. The number of benzene rings is 1. The first-order valence-corrected chi connectivity index (χ1v) is 10.3. The number of aromatic nitrogens is 2. The Morgan fingerprint density at radius 1 is 1.16 bits per heavy atom. The highest BCUT2D eigenvalue weighted by Crippen LogP contribution is 2.21. The van der Waals surface area contributed by atoms with Crippen LogP contribution in [0.1, 0.15) is 12.0 Å². The SMILES string of the molecule is CN=C(NCc1ccnc(Oc2ccc(F)cc2)c1)NC1CCN(c2ncccc2F)C1. The van der Waals surface area contributed by atoms with E-state index in [2.05, 4.69) is 25.6 Å². The van der Waals surface area contributed by atoms with Crippen molar-refractivity contribution in [1.29, 1.82) is 0 Å². The van der Waals surface area contributed by atoms with E-state index < -0.39 is 0 Å². The molecule has 1 saturated heterocycles. The van der Waals surface area contributed by atoms with Crippen LogP contribution in [0.25, 0.3) is 0 Å².